The Hall–Kier alpha value is 0.480. The largest absolute Gasteiger partial charge is 1.00 e. The minimum Gasteiger partial charge on any atom is -0.756 e. The van der Waals surface area contributed by atoms with Gasteiger partial charge in [0, 0.05) is 7.11 Å². The third kappa shape index (κ3) is 20.4. The first-order valence-corrected chi connectivity index (χ1v) is 7.80. The molecule has 10 nitrogen and oxygen atoms in total. The number of thiol groups is 1. The molecule has 0 spiro atoms. The van der Waals surface area contributed by atoms with Crippen molar-refractivity contribution in [2.45, 2.75) is 19.1 Å². The van der Waals surface area contributed by atoms with Crippen LogP contribution in [0.2, 0.25) is 0 Å². The molecule has 13 heteroatoms. The van der Waals surface area contributed by atoms with E-state index in [4.69, 9.17) is 15.0 Å². The van der Waals surface area contributed by atoms with Crippen LogP contribution in [-0.4, -0.2) is 67.5 Å². The van der Waals surface area contributed by atoms with Crippen molar-refractivity contribution in [2.24, 2.45) is 0 Å². The molecule has 2 N–H and O–H groups in total. The van der Waals surface area contributed by atoms with Crippen LogP contribution >= 0.6 is 20.5 Å². The molecular weight excluding hydrogens is 366 g/mol. The van der Waals surface area contributed by atoms with Gasteiger partial charge in [-0.2, -0.15) is 0 Å². The second-order valence-electron chi connectivity index (χ2n) is 3.57. The summed E-state index contributed by atoms with van der Waals surface area (Å²) in [5, 5.41) is 16.5. The SMILES string of the molecule is CC=O.COCC(COP(=O)([O-])OCC(O)CO)OC(=O)S.[Na+]. The zero-order valence-corrected chi connectivity index (χ0v) is 16.9. The molecule has 132 valence electrons. The monoisotopic (exact) mass is 386 g/mol. The average Bonchev–Trinajstić information content (AvgIpc) is 2.43. The van der Waals surface area contributed by atoms with Crippen LogP contribution in [0, 0.1) is 0 Å². The Balaban J connectivity index is -0.000000920. The molecule has 0 amide bonds. The first kappa shape index (κ1) is 28.3. The summed E-state index contributed by atoms with van der Waals surface area (Å²) < 4.78 is 29.2. The summed E-state index contributed by atoms with van der Waals surface area (Å²) in [4.78, 5) is 30.6. The van der Waals surface area contributed by atoms with Gasteiger partial charge in [-0.25, -0.2) is 4.79 Å². The van der Waals surface area contributed by atoms with E-state index in [9.17, 15) is 14.3 Å². The van der Waals surface area contributed by atoms with Gasteiger partial charge < -0.3 is 38.4 Å². The first-order chi connectivity index (χ1) is 10.2. The number of hydrogen-bond acceptors (Lipinski definition) is 10. The Labute approximate surface area is 161 Å². The maximum atomic E-state index is 11.2. The summed E-state index contributed by atoms with van der Waals surface area (Å²) in [6.07, 6.45) is -1.56. The number of hydrogen-bond donors (Lipinski definition) is 3. The molecule has 0 rings (SSSR count). The van der Waals surface area contributed by atoms with Gasteiger partial charge in [0.25, 0.3) is 7.82 Å². The first-order valence-electron chi connectivity index (χ1n) is 5.89. The van der Waals surface area contributed by atoms with Crippen LogP contribution in [0.25, 0.3) is 0 Å². The molecule has 0 aliphatic rings. The van der Waals surface area contributed by atoms with Crippen molar-refractivity contribution in [1.82, 2.24) is 0 Å². The van der Waals surface area contributed by atoms with Crippen molar-refractivity contribution in [3.05, 3.63) is 0 Å². The van der Waals surface area contributed by atoms with Crippen LogP contribution in [0.4, 0.5) is 4.79 Å². The summed E-state index contributed by atoms with van der Waals surface area (Å²) in [5.74, 6) is 0. The Bertz CT molecular complexity index is 359. The van der Waals surface area contributed by atoms with E-state index in [0.717, 1.165) is 6.29 Å². The second-order valence-corrected chi connectivity index (χ2v) is 5.35. The zero-order chi connectivity index (χ0) is 17.6. The molecule has 0 aromatic carbocycles. The number of aldehydes is 1. The number of ether oxygens (including phenoxy) is 2. The van der Waals surface area contributed by atoms with Crippen LogP contribution in [-0.2, 0) is 27.9 Å². The Kier molecular flexibility index (Phi) is 21.3. The Morgan fingerprint density at radius 1 is 1.35 bits per heavy atom. The Morgan fingerprint density at radius 3 is 2.22 bits per heavy atom. The van der Waals surface area contributed by atoms with Crippen molar-refractivity contribution in [1.29, 1.82) is 0 Å². The van der Waals surface area contributed by atoms with E-state index in [2.05, 4.69) is 31.2 Å². The van der Waals surface area contributed by atoms with Crippen molar-refractivity contribution in [3.8, 4) is 0 Å². The predicted molar refractivity (Wildman–Crippen MR) is 75.5 cm³/mol. The zero-order valence-electron chi connectivity index (χ0n) is 13.1. The normalized spacial score (nSPS) is 15.0. The van der Waals surface area contributed by atoms with Crippen LogP contribution in [0.1, 0.15) is 6.92 Å². The van der Waals surface area contributed by atoms with E-state index < -0.39 is 45.2 Å². The molecule has 3 unspecified atom stereocenters. The number of phosphoric acid groups is 1. The molecule has 0 bridgehead atoms. The van der Waals surface area contributed by atoms with Crippen molar-refractivity contribution in [2.75, 3.05) is 33.5 Å². The molecule has 0 fully saturated rings. The van der Waals surface area contributed by atoms with E-state index in [1.54, 1.807) is 0 Å². The van der Waals surface area contributed by atoms with Gasteiger partial charge in [-0.3, -0.25) is 4.57 Å². The molecule has 0 aliphatic heterocycles. The van der Waals surface area contributed by atoms with E-state index in [-0.39, 0.29) is 36.2 Å². The molecule has 0 aromatic heterocycles. The molecule has 0 radical (unpaired) electrons. The van der Waals surface area contributed by atoms with Gasteiger partial charge in [0.15, 0.2) is 0 Å². The maximum Gasteiger partial charge on any atom is 1.00 e. The molecular formula is C10H20NaO10PS. The second kappa shape index (κ2) is 17.3. The fourth-order valence-electron chi connectivity index (χ4n) is 0.886. The minimum absolute atomic E-state index is 0. The molecule has 23 heavy (non-hydrogen) atoms. The molecule has 0 saturated carbocycles. The van der Waals surface area contributed by atoms with Gasteiger partial charge >= 0.3 is 34.9 Å². The van der Waals surface area contributed by atoms with Crippen LogP contribution in [0.15, 0.2) is 0 Å². The summed E-state index contributed by atoms with van der Waals surface area (Å²) in [5.41, 5.74) is 0. The third-order valence-corrected chi connectivity index (χ3v) is 2.71. The number of aliphatic hydroxyl groups excluding tert-OH is 2. The van der Waals surface area contributed by atoms with Crippen LogP contribution in [0.5, 0.6) is 0 Å². The standard InChI is InChI=1S/C8H17O9PS.C2H4O.Na/c1-14-4-7(17-8(11)19)5-16-18(12,13)15-3-6(10)2-9;1-2-3;/h6-7,9-10H,2-5H2,1H3,(H,11,19)(H,12,13);2H,1H3;/q;;+1/p-1. The summed E-state index contributed by atoms with van der Waals surface area (Å²) in [6, 6.07) is 0. The number of carbonyl (C=O) groups excluding carboxylic acids is 2. The van der Waals surface area contributed by atoms with Gasteiger partial charge in [0.2, 0.25) is 0 Å². The number of carbonyl (C=O) groups is 2. The number of aliphatic hydroxyl groups is 2. The van der Waals surface area contributed by atoms with E-state index in [0.29, 0.717) is 0 Å². The predicted octanol–water partition coefficient (Wildman–Crippen LogP) is -3.87. The number of rotatable bonds is 10. The third-order valence-electron chi connectivity index (χ3n) is 1.67. The molecule has 3 atom stereocenters. The smallest absolute Gasteiger partial charge is 0.756 e. The van der Waals surface area contributed by atoms with Crippen LogP contribution < -0.4 is 34.5 Å². The van der Waals surface area contributed by atoms with Gasteiger partial charge in [-0.1, -0.05) is 12.6 Å². The number of methoxy groups -OCH3 is 1. The Morgan fingerprint density at radius 2 is 1.83 bits per heavy atom. The average molecular weight is 386 g/mol. The quantitative estimate of drug-likeness (QED) is 0.112. The van der Waals surface area contributed by atoms with Gasteiger partial charge in [0.05, 0.1) is 26.4 Å². The maximum absolute atomic E-state index is 11.2. The minimum atomic E-state index is -4.67. The van der Waals surface area contributed by atoms with Crippen molar-refractivity contribution in [3.63, 3.8) is 0 Å². The van der Waals surface area contributed by atoms with Gasteiger partial charge in [-0.05, 0) is 6.92 Å². The molecule has 0 aliphatic carbocycles. The molecule has 0 heterocycles. The van der Waals surface area contributed by atoms with Gasteiger partial charge in [-0.15, -0.1) is 0 Å². The van der Waals surface area contributed by atoms with Crippen LogP contribution in [0.3, 0.4) is 0 Å². The molecule has 0 saturated heterocycles. The number of phosphoric ester groups is 1. The van der Waals surface area contributed by atoms with Crippen molar-refractivity contribution >= 4 is 32.0 Å². The molecule has 0 aromatic rings. The van der Waals surface area contributed by atoms with E-state index in [1.807, 2.05) is 0 Å². The fraction of sp³-hybridized carbons (Fsp3) is 0.800. The fourth-order valence-corrected chi connectivity index (χ4v) is 1.81. The van der Waals surface area contributed by atoms with E-state index >= 15 is 0 Å². The summed E-state index contributed by atoms with van der Waals surface area (Å²) >= 11 is 3.36. The van der Waals surface area contributed by atoms with Crippen molar-refractivity contribution < 1.29 is 77.3 Å². The van der Waals surface area contributed by atoms with Gasteiger partial charge in [0.1, 0.15) is 18.5 Å². The topological polar surface area (TPSA) is 152 Å². The summed E-state index contributed by atoms with van der Waals surface area (Å²) in [6.45, 7) is -0.455. The van der Waals surface area contributed by atoms with E-state index in [1.165, 1.54) is 14.0 Å². The summed E-state index contributed by atoms with van der Waals surface area (Å²) in [7, 11) is -3.35.